The third kappa shape index (κ3) is 2.38. The van der Waals surface area contributed by atoms with E-state index in [0.717, 1.165) is 5.82 Å². The molecule has 2 rings (SSSR count). The van der Waals surface area contributed by atoms with Crippen LogP contribution >= 0.6 is 0 Å². The Morgan fingerprint density at radius 3 is 2.76 bits per heavy atom. The summed E-state index contributed by atoms with van der Waals surface area (Å²) in [5, 5.41) is 3.10. The van der Waals surface area contributed by atoms with Crippen molar-refractivity contribution in [1.29, 1.82) is 0 Å². The van der Waals surface area contributed by atoms with Crippen LogP contribution in [0, 0.1) is 5.41 Å². The lowest BCUT2D eigenvalue weighted by Gasteiger charge is -2.27. The highest BCUT2D eigenvalue weighted by atomic mass is 15.2. The van der Waals surface area contributed by atoms with Gasteiger partial charge in [0.25, 0.3) is 0 Å². The molecule has 0 bridgehead atoms. The molecule has 0 aromatic carbocycles. The lowest BCUT2D eigenvalue weighted by Crippen LogP contribution is -2.26. The first kappa shape index (κ1) is 12.2. The van der Waals surface area contributed by atoms with Crippen LogP contribution in [0.3, 0.4) is 0 Å². The third-order valence-corrected chi connectivity index (χ3v) is 4.30. The molecule has 0 aliphatic carbocycles. The highest BCUT2D eigenvalue weighted by Crippen LogP contribution is 2.39. The normalized spacial score (nSPS) is 18.4. The van der Waals surface area contributed by atoms with Crippen LogP contribution < -0.4 is 10.2 Å². The van der Waals surface area contributed by atoms with Crippen molar-refractivity contribution in [1.82, 2.24) is 4.98 Å². The molecule has 0 spiro atoms. The molecule has 0 atom stereocenters. The molecule has 1 aliphatic rings. The summed E-state index contributed by atoms with van der Waals surface area (Å²) in [5.74, 6) is 0.952. The molecule has 1 aliphatic heterocycles. The van der Waals surface area contributed by atoms with Gasteiger partial charge in [0, 0.05) is 38.1 Å². The van der Waals surface area contributed by atoms with Gasteiger partial charge in [-0.25, -0.2) is 4.98 Å². The molecular formula is C14H23N3. The summed E-state index contributed by atoms with van der Waals surface area (Å²) < 4.78 is 0. The minimum atomic E-state index is 0.531. The number of rotatable bonds is 4. The van der Waals surface area contributed by atoms with Crippen molar-refractivity contribution >= 4 is 11.5 Å². The average molecular weight is 233 g/mol. The van der Waals surface area contributed by atoms with Crippen LogP contribution in [0.25, 0.3) is 0 Å². The van der Waals surface area contributed by atoms with E-state index in [2.05, 4.69) is 41.2 Å². The van der Waals surface area contributed by atoms with E-state index in [4.69, 9.17) is 0 Å². The van der Waals surface area contributed by atoms with E-state index in [9.17, 15) is 0 Å². The molecule has 1 saturated heterocycles. The molecule has 1 fully saturated rings. The first-order chi connectivity index (χ1) is 8.23. The van der Waals surface area contributed by atoms with Crippen LogP contribution in [0.1, 0.15) is 33.1 Å². The molecule has 1 aromatic rings. The van der Waals surface area contributed by atoms with Crippen LogP contribution in [-0.4, -0.2) is 25.1 Å². The topological polar surface area (TPSA) is 28.2 Å². The Bertz CT molecular complexity index is 371. The number of nitrogens with zero attached hydrogens (tertiary/aromatic N) is 2. The second-order valence-electron chi connectivity index (χ2n) is 5.03. The molecule has 0 amide bonds. The zero-order valence-corrected chi connectivity index (χ0v) is 11.2. The van der Waals surface area contributed by atoms with Gasteiger partial charge in [-0.3, -0.25) is 0 Å². The number of nitrogens with one attached hydrogen (secondary N) is 1. The van der Waals surface area contributed by atoms with Crippen LogP contribution in [0.4, 0.5) is 11.5 Å². The van der Waals surface area contributed by atoms with Gasteiger partial charge in [0.15, 0.2) is 0 Å². The lowest BCUT2D eigenvalue weighted by atomic mass is 9.82. The summed E-state index contributed by atoms with van der Waals surface area (Å²) in [4.78, 5) is 6.76. The molecule has 2 heterocycles. The van der Waals surface area contributed by atoms with E-state index in [1.807, 2.05) is 13.2 Å². The van der Waals surface area contributed by atoms with Crippen molar-refractivity contribution in [2.45, 2.75) is 33.1 Å². The molecule has 0 unspecified atom stereocenters. The summed E-state index contributed by atoms with van der Waals surface area (Å²) in [6, 6.07) is 4.25. The quantitative estimate of drug-likeness (QED) is 0.866. The SMILES string of the molecule is CCC1(CC)CCN(c2ccnc(NC)c2)C1. The summed E-state index contributed by atoms with van der Waals surface area (Å²) in [6.45, 7) is 7.00. The van der Waals surface area contributed by atoms with Crippen LogP contribution in [0.15, 0.2) is 18.3 Å². The van der Waals surface area contributed by atoms with Crippen LogP contribution in [0.2, 0.25) is 0 Å². The highest BCUT2D eigenvalue weighted by Gasteiger charge is 2.34. The summed E-state index contributed by atoms with van der Waals surface area (Å²) in [5.41, 5.74) is 1.83. The molecule has 1 aromatic heterocycles. The largest absolute Gasteiger partial charge is 0.373 e. The Morgan fingerprint density at radius 2 is 2.18 bits per heavy atom. The molecule has 94 valence electrons. The Labute approximate surface area is 104 Å². The van der Waals surface area contributed by atoms with Gasteiger partial charge in [0.1, 0.15) is 5.82 Å². The van der Waals surface area contributed by atoms with E-state index in [1.54, 1.807) is 0 Å². The zero-order valence-electron chi connectivity index (χ0n) is 11.2. The van der Waals surface area contributed by atoms with Crippen molar-refractivity contribution in [2.75, 3.05) is 30.4 Å². The molecule has 0 saturated carbocycles. The Morgan fingerprint density at radius 1 is 1.41 bits per heavy atom. The zero-order chi connectivity index (χ0) is 12.3. The van der Waals surface area contributed by atoms with Gasteiger partial charge < -0.3 is 10.2 Å². The van der Waals surface area contributed by atoms with E-state index < -0.39 is 0 Å². The van der Waals surface area contributed by atoms with Gasteiger partial charge in [-0.05, 0) is 30.7 Å². The van der Waals surface area contributed by atoms with Gasteiger partial charge in [-0.2, -0.15) is 0 Å². The molecule has 3 heteroatoms. The fraction of sp³-hybridized carbons (Fsp3) is 0.643. The van der Waals surface area contributed by atoms with E-state index in [0.29, 0.717) is 5.41 Å². The Balaban J connectivity index is 2.14. The van der Waals surface area contributed by atoms with Gasteiger partial charge in [0.05, 0.1) is 0 Å². The summed E-state index contributed by atoms with van der Waals surface area (Å²) >= 11 is 0. The second-order valence-corrected chi connectivity index (χ2v) is 5.03. The number of aromatic nitrogens is 1. The van der Waals surface area contributed by atoms with Gasteiger partial charge in [-0.15, -0.1) is 0 Å². The summed E-state index contributed by atoms with van der Waals surface area (Å²) in [6.07, 6.45) is 5.77. The van der Waals surface area contributed by atoms with Gasteiger partial charge in [-0.1, -0.05) is 13.8 Å². The minimum Gasteiger partial charge on any atom is -0.373 e. The van der Waals surface area contributed by atoms with Crippen molar-refractivity contribution in [3.05, 3.63) is 18.3 Å². The monoisotopic (exact) mass is 233 g/mol. The second kappa shape index (κ2) is 4.94. The molecule has 17 heavy (non-hydrogen) atoms. The molecular weight excluding hydrogens is 210 g/mol. The first-order valence-corrected chi connectivity index (χ1v) is 6.62. The molecule has 0 radical (unpaired) electrons. The Hall–Kier alpha value is -1.25. The predicted octanol–water partition coefficient (Wildman–Crippen LogP) is 3.14. The van der Waals surface area contributed by atoms with E-state index >= 15 is 0 Å². The maximum atomic E-state index is 4.27. The van der Waals surface area contributed by atoms with Crippen molar-refractivity contribution in [2.24, 2.45) is 5.41 Å². The standard InChI is InChI=1S/C14H23N3/c1-4-14(5-2)7-9-17(11-14)12-6-8-16-13(10-12)15-3/h6,8,10H,4-5,7,9,11H2,1-3H3,(H,15,16). The van der Waals surface area contributed by atoms with Crippen LogP contribution in [-0.2, 0) is 0 Å². The number of hydrogen-bond acceptors (Lipinski definition) is 3. The minimum absolute atomic E-state index is 0.531. The number of pyridine rings is 1. The fourth-order valence-corrected chi connectivity index (χ4v) is 2.74. The molecule has 3 nitrogen and oxygen atoms in total. The lowest BCUT2D eigenvalue weighted by molar-refractivity contribution is 0.301. The highest BCUT2D eigenvalue weighted by molar-refractivity contribution is 5.54. The Kier molecular flexibility index (Phi) is 3.55. The number of hydrogen-bond donors (Lipinski definition) is 1. The number of anilines is 2. The third-order valence-electron chi connectivity index (χ3n) is 4.30. The average Bonchev–Trinajstić information content (AvgIpc) is 2.84. The van der Waals surface area contributed by atoms with Gasteiger partial charge in [0.2, 0.25) is 0 Å². The maximum absolute atomic E-state index is 4.27. The van der Waals surface area contributed by atoms with Crippen molar-refractivity contribution in [3.63, 3.8) is 0 Å². The van der Waals surface area contributed by atoms with Crippen molar-refractivity contribution in [3.8, 4) is 0 Å². The smallest absolute Gasteiger partial charge is 0.127 e. The molecule has 1 N–H and O–H groups in total. The van der Waals surface area contributed by atoms with Crippen LogP contribution in [0.5, 0.6) is 0 Å². The maximum Gasteiger partial charge on any atom is 0.127 e. The summed E-state index contributed by atoms with van der Waals surface area (Å²) in [7, 11) is 1.92. The van der Waals surface area contributed by atoms with E-state index in [-0.39, 0.29) is 0 Å². The first-order valence-electron chi connectivity index (χ1n) is 6.62. The fourth-order valence-electron chi connectivity index (χ4n) is 2.74. The van der Waals surface area contributed by atoms with Gasteiger partial charge >= 0.3 is 0 Å². The predicted molar refractivity (Wildman–Crippen MR) is 73.6 cm³/mol. The van der Waals surface area contributed by atoms with Crippen molar-refractivity contribution < 1.29 is 0 Å². The van der Waals surface area contributed by atoms with E-state index in [1.165, 1.54) is 38.0 Å².